The molecule has 2 aromatic heterocycles. The predicted octanol–water partition coefficient (Wildman–Crippen LogP) is 4.88. The van der Waals surface area contributed by atoms with Crippen LogP contribution in [-0.2, 0) is 10.0 Å². The highest BCUT2D eigenvalue weighted by molar-refractivity contribution is 7.92. The van der Waals surface area contributed by atoms with Gasteiger partial charge in [-0.15, -0.1) is 11.3 Å². The first-order chi connectivity index (χ1) is 17.7. The third kappa shape index (κ3) is 5.15. The van der Waals surface area contributed by atoms with Gasteiger partial charge < -0.3 is 11.1 Å². The first-order valence-electron chi connectivity index (χ1n) is 11.3. The van der Waals surface area contributed by atoms with Crippen molar-refractivity contribution >= 4 is 33.0 Å². The van der Waals surface area contributed by atoms with Crippen molar-refractivity contribution < 1.29 is 21.6 Å². The maximum Gasteiger partial charge on any atom is 0.265 e. The van der Waals surface area contributed by atoms with Crippen LogP contribution in [0, 0.1) is 17.5 Å². The molecule has 192 valence electrons. The molecule has 1 unspecified atom stereocenters. The Morgan fingerprint density at radius 3 is 2.68 bits per heavy atom. The molecular weight excluding hydrogens is 525 g/mol. The van der Waals surface area contributed by atoms with Crippen molar-refractivity contribution in [1.29, 1.82) is 0 Å². The lowest BCUT2D eigenvalue weighted by Crippen LogP contribution is -2.26. The molecule has 0 amide bonds. The van der Waals surface area contributed by atoms with Gasteiger partial charge in [0.1, 0.15) is 21.5 Å². The average molecular weight is 547 g/mol. The molecule has 13 heteroatoms. The van der Waals surface area contributed by atoms with E-state index in [2.05, 4.69) is 15.3 Å². The number of hydrogen-bond acceptors (Lipinski definition) is 8. The van der Waals surface area contributed by atoms with E-state index >= 15 is 4.39 Å². The molecule has 2 aromatic carbocycles. The number of nitrogen functional groups attached to an aromatic ring is 1. The Bertz CT molecular complexity index is 1570. The number of rotatable bonds is 6. The van der Waals surface area contributed by atoms with Crippen LogP contribution in [0.1, 0.15) is 30.3 Å². The standard InChI is InChI=1S/C24H21F3N6O2S2/c25-13-7-8-15(26)19(12-13)37(34,35)33-16-6-3-4-14(20(16)27)21-22(17-9-11-30-24(28)31-17)36-23(32-21)18-5-1-2-10-29-18/h3-4,6-9,11-12,18,29,33H,1-2,5,10H2,(H2,28,30,31). The van der Waals surface area contributed by atoms with E-state index in [1.54, 1.807) is 6.07 Å². The summed E-state index contributed by atoms with van der Waals surface area (Å²) in [5, 5.41) is 4.14. The second-order valence-electron chi connectivity index (χ2n) is 8.38. The summed E-state index contributed by atoms with van der Waals surface area (Å²) in [6.45, 7) is 0.831. The van der Waals surface area contributed by atoms with Gasteiger partial charge in [-0.3, -0.25) is 4.72 Å². The zero-order valence-electron chi connectivity index (χ0n) is 19.2. The number of aromatic nitrogens is 3. The van der Waals surface area contributed by atoms with E-state index in [-0.39, 0.29) is 23.2 Å². The normalized spacial score (nSPS) is 16.0. The number of halogens is 3. The molecule has 0 radical (unpaired) electrons. The summed E-state index contributed by atoms with van der Waals surface area (Å²) in [4.78, 5) is 12.5. The molecule has 1 atom stereocenters. The lowest BCUT2D eigenvalue weighted by Gasteiger charge is -2.21. The fraction of sp³-hybridized carbons (Fsp3) is 0.208. The topological polar surface area (TPSA) is 123 Å². The van der Waals surface area contributed by atoms with E-state index in [0.29, 0.717) is 22.7 Å². The number of anilines is 2. The van der Waals surface area contributed by atoms with Crippen molar-refractivity contribution in [2.24, 2.45) is 0 Å². The number of nitrogens with one attached hydrogen (secondary N) is 2. The monoisotopic (exact) mass is 546 g/mol. The SMILES string of the molecule is Nc1nccc(-c2sc(C3CCCCN3)nc2-c2cccc(NS(=O)(=O)c3cc(F)ccc3F)c2F)n1. The van der Waals surface area contributed by atoms with Crippen molar-refractivity contribution in [3.63, 3.8) is 0 Å². The zero-order chi connectivity index (χ0) is 26.2. The fourth-order valence-electron chi connectivity index (χ4n) is 4.08. The van der Waals surface area contributed by atoms with Crippen LogP contribution in [0.25, 0.3) is 21.8 Å². The summed E-state index contributed by atoms with van der Waals surface area (Å²) in [5.74, 6) is -3.01. The smallest absolute Gasteiger partial charge is 0.265 e. The number of thiazole rings is 1. The Kier molecular flexibility index (Phi) is 6.84. The predicted molar refractivity (Wildman–Crippen MR) is 135 cm³/mol. The van der Waals surface area contributed by atoms with Gasteiger partial charge in [-0.2, -0.15) is 0 Å². The van der Waals surface area contributed by atoms with E-state index in [1.807, 2.05) is 4.72 Å². The molecule has 3 heterocycles. The Labute approximate surface area is 214 Å². The quantitative estimate of drug-likeness (QED) is 0.315. The summed E-state index contributed by atoms with van der Waals surface area (Å²) in [6.07, 6.45) is 4.41. The van der Waals surface area contributed by atoms with Crippen LogP contribution in [0.2, 0.25) is 0 Å². The van der Waals surface area contributed by atoms with Gasteiger partial charge in [-0.25, -0.2) is 36.5 Å². The second kappa shape index (κ2) is 10.1. The number of piperidine rings is 1. The molecule has 4 aromatic rings. The van der Waals surface area contributed by atoms with Crippen molar-refractivity contribution in [3.05, 3.63) is 71.1 Å². The van der Waals surface area contributed by atoms with Gasteiger partial charge in [0, 0.05) is 11.8 Å². The van der Waals surface area contributed by atoms with Gasteiger partial charge in [0.2, 0.25) is 5.95 Å². The molecule has 0 bridgehead atoms. The van der Waals surface area contributed by atoms with Crippen molar-refractivity contribution in [2.45, 2.75) is 30.2 Å². The minimum atomic E-state index is -4.64. The molecule has 1 fully saturated rings. The molecule has 1 aliphatic rings. The Morgan fingerprint density at radius 2 is 1.92 bits per heavy atom. The molecule has 4 N–H and O–H groups in total. The molecule has 8 nitrogen and oxygen atoms in total. The van der Waals surface area contributed by atoms with Gasteiger partial charge in [-0.05, 0) is 55.8 Å². The Balaban J connectivity index is 1.59. The minimum absolute atomic E-state index is 0.00501. The number of benzene rings is 2. The van der Waals surface area contributed by atoms with Gasteiger partial charge in [-0.1, -0.05) is 12.5 Å². The zero-order valence-corrected chi connectivity index (χ0v) is 20.8. The van der Waals surface area contributed by atoms with Crippen molar-refractivity contribution in [3.8, 4) is 21.8 Å². The highest BCUT2D eigenvalue weighted by atomic mass is 32.2. The average Bonchev–Trinajstić information content (AvgIpc) is 3.32. The highest BCUT2D eigenvalue weighted by Gasteiger charge is 2.27. The maximum atomic E-state index is 15.8. The van der Waals surface area contributed by atoms with Crippen LogP contribution in [0.3, 0.4) is 0 Å². The summed E-state index contributed by atoms with van der Waals surface area (Å²) >= 11 is 1.33. The Hall–Kier alpha value is -3.55. The first kappa shape index (κ1) is 25.1. The van der Waals surface area contributed by atoms with Crippen LogP contribution in [0.5, 0.6) is 0 Å². The van der Waals surface area contributed by atoms with Crippen molar-refractivity contribution in [1.82, 2.24) is 20.3 Å². The van der Waals surface area contributed by atoms with E-state index in [9.17, 15) is 17.2 Å². The Morgan fingerprint density at radius 1 is 1.08 bits per heavy atom. The van der Waals surface area contributed by atoms with Crippen LogP contribution in [-0.4, -0.2) is 29.9 Å². The molecular formula is C24H21F3N6O2S2. The van der Waals surface area contributed by atoms with Crippen LogP contribution >= 0.6 is 11.3 Å². The lowest BCUT2D eigenvalue weighted by molar-refractivity contribution is 0.411. The lowest BCUT2D eigenvalue weighted by atomic mass is 10.1. The van der Waals surface area contributed by atoms with Gasteiger partial charge >= 0.3 is 0 Å². The highest BCUT2D eigenvalue weighted by Crippen LogP contribution is 2.41. The first-order valence-corrected chi connectivity index (χ1v) is 13.6. The summed E-state index contributed by atoms with van der Waals surface area (Å²) < 4.78 is 71.1. The summed E-state index contributed by atoms with van der Waals surface area (Å²) in [5.41, 5.74) is 6.03. The van der Waals surface area contributed by atoms with Gasteiger partial charge in [0.25, 0.3) is 10.0 Å². The maximum absolute atomic E-state index is 15.8. The van der Waals surface area contributed by atoms with Crippen molar-refractivity contribution in [2.75, 3.05) is 17.0 Å². The molecule has 5 rings (SSSR count). The van der Waals surface area contributed by atoms with Crippen LogP contribution < -0.4 is 15.8 Å². The minimum Gasteiger partial charge on any atom is -0.368 e. The van der Waals surface area contributed by atoms with E-state index in [0.717, 1.165) is 36.9 Å². The number of hydrogen-bond donors (Lipinski definition) is 3. The van der Waals surface area contributed by atoms with Crippen LogP contribution in [0.4, 0.5) is 24.8 Å². The summed E-state index contributed by atoms with van der Waals surface area (Å²) in [7, 11) is -4.64. The molecule has 37 heavy (non-hydrogen) atoms. The molecule has 0 saturated carbocycles. The van der Waals surface area contributed by atoms with Gasteiger partial charge in [0.05, 0.1) is 28.0 Å². The number of nitrogens with zero attached hydrogens (tertiary/aromatic N) is 3. The molecule has 0 aliphatic carbocycles. The molecule has 1 saturated heterocycles. The molecule has 0 spiro atoms. The van der Waals surface area contributed by atoms with E-state index in [4.69, 9.17) is 10.7 Å². The van der Waals surface area contributed by atoms with Gasteiger partial charge in [0.15, 0.2) is 5.82 Å². The number of nitrogens with two attached hydrogens (primary N) is 1. The second-order valence-corrected chi connectivity index (χ2v) is 11.1. The fourth-order valence-corrected chi connectivity index (χ4v) is 6.39. The largest absolute Gasteiger partial charge is 0.368 e. The van der Waals surface area contributed by atoms with Crippen LogP contribution in [0.15, 0.2) is 53.6 Å². The molecule has 1 aliphatic heterocycles. The summed E-state index contributed by atoms with van der Waals surface area (Å²) in [6, 6.07) is 7.69. The number of sulfonamides is 1. The van der Waals surface area contributed by atoms with E-state index < -0.39 is 38.1 Å². The third-order valence-electron chi connectivity index (χ3n) is 5.84. The van der Waals surface area contributed by atoms with E-state index in [1.165, 1.54) is 35.7 Å². The third-order valence-corrected chi connectivity index (χ3v) is 8.41.